The highest BCUT2D eigenvalue weighted by molar-refractivity contribution is 7.15. The summed E-state index contributed by atoms with van der Waals surface area (Å²) >= 11 is 8.09. The summed E-state index contributed by atoms with van der Waals surface area (Å²) in [6.45, 7) is 1.49. The number of aryl methyl sites for hydroxylation is 1. The summed E-state index contributed by atoms with van der Waals surface area (Å²) in [5.74, 6) is 0. The molecule has 8 heteroatoms. The van der Waals surface area contributed by atoms with Crippen LogP contribution in [0.1, 0.15) is 27.8 Å². The molecule has 5 atom stereocenters. The van der Waals surface area contributed by atoms with Gasteiger partial charge in [-0.1, -0.05) is 29.8 Å². The largest absolute Gasteiger partial charge is 0.394 e. The highest BCUT2D eigenvalue weighted by Gasteiger charge is 2.44. The second-order valence-corrected chi connectivity index (χ2v) is 9.31. The maximum atomic E-state index is 10.4. The van der Waals surface area contributed by atoms with Crippen molar-refractivity contribution in [1.82, 2.24) is 4.98 Å². The number of thiophene rings is 1. The van der Waals surface area contributed by atoms with Crippen LogP contribution in [-0.2, 0) is 11.2 Å². The molecule has 6 nitrogen and oxygen atoms in total. The van der Waals surface area contributed by atoms with Crippen molar-refractivity contribution in [2.24, 2.45) is 0 Å². The minimum atomic E-state index is -1.42. The van der Waals surface area contributed by atoms with Gasteiger partial charge in [-0.05, 0) is 42.3 Å². The van der Waals surface area contributed by atoms with Gasteiger partial charge in [-0.15, -0.1) is 11.3 Å². The van der Waals surface area contributed by atoms with Crippen LogP contribution in [0.3, 0.4) is 0 Å². The van der Waals surface area contributed by atoms with Crippen molar-refractivity contribution < 1.29 is 25.2 Å². The van der Waals surface area contributed by atoms with Crippen molar-refractivity contribution in [1.29, 1.82) is 0 Å². The lowest BCUT2D eigenvalue weighted by Crippen LogP contribution is -2.55. The molecule has 1 fully saturated rings. The first-order chi connectivity index (χ1) is 14.9. The molecule has 0 amide bonds. The number of benzene rings is 1. The Hall–Kier alpha value is -1.84. The zero-order valence-electron chi connectivity index (χ0n) is 16.9. The first-order valence-corrected chi connectivity index (χ1v) is 11.2. The fourth-order valence-corrected chi connectivity index (χ4v) is 4.92. The van der Waals surface area contributed by atoms with Crippen LogP contribution in [0.25, 0.3) is 10.4 Å². The van der Waals surface area contributed by atoms with Crippen molar-refractivity contribution in [3.8, 4) is 10.4 Å². The van der Waals surface area contributed by atoms with Gasteiger partial charge in [0.25, 0.3) is 0 Å². The molecule has 31 heavy (non-hydrogen) atoms. The predicted molar refractivity (Wildman–Crippen MR) is 119 cm³/mol. The van der Waals surface area contributed by atoms with Crippen LogP contribution < -0.4 is 0 Å². The van der Waals surface area contributed by atoms with E-state index >= 15 is 0 Å². The third kappa shape index (κ3) is 4.68. The Bertz CT molecular complexity index is 1040. The summed E-state index contributed by atoms with van der Waals surface area (Å²) in [7, 11) is 0. The van der Waals surface area contributed by atoms with Crippen LogP contribution in [0.15, 0.2) is 48.7 Å². The maximum absolute atomic E-state index is 10.4. The molecule has 1 saturated heterocycles. The van der Waals surface area contributed by atoms with Crippen molar-refractivity contribution in [2.45, 2.75) is 43.9 Å². The van der Waals surface area contributed by atoms with E-state index in [0.717, 1.165) is 26.6 Å². The van der Waals surface area contributed by atoms with Crippen LogP contribution >= 0.6 is 22.9 Å². The van der Waals surface area contributed by atoms with Crippen LogP contribution in [-0.4, -0.2) is 56.4 Å². The van der Waals surface area contributed by atoms with E-state index < -0.39 is 37.1 Å². The summed E-state index contributed by atoms with van der Waals surface area (Å²) in [6.07, 6.45) is -3.52. The molecule has 4 N–H and O–H groups in total. The van der Waals surface area contributed by atoms with Gasteiger partial charge in [0.2, 0.25) is 0 Å². The van der Waals surface area contributed by atoms with Crippen molar-refractivity contribution >= 4 is 22.9 Å². The molecule has 4 rings (SSSR count). The smallest absolute Gasteiger partial charge is 0.113 e. The molecule has 1 aliphatic heterocycles. The molecular weight excluding hydrogens is 438 g/mol. The number of nitrogens with zero attached hydrogens (tertiary/aromatic N) is 1. The van der Waals surface area contributed by atoms with Gasteiger partial charge >= 0.3 is 0 Å². The lowest BCUT2D eigenvalue weighted by molar-refractivity contribution is -0.231. The molecule has 0 spiro atoms. The van der Waals surface area contributed by atoms with Gasteiger partial charge in [0, 0.05) is 38.7 Å². The number of pyridine rings is 1. The minimum absolute atomic E-state index is 0.465. The molecule has 3 heterocycles. The Labute approximate surface area is 189 Å². The van der Waals surface area contributed by atoms with Crippen LogP contribution in [0.2, 0.25) is 5.02 Å². The SMILES string of the molecule is Cc1ccc(-c2ccc(Cc3cc(C4OC(CO)[C@@H](O)[C@H](O)[C@H]4O)ccc3Cl)s2)cn1. The number of halogens is 1. The standard InChI is InChI=1S/C23H24ClNO5S/c1-12-2-3-14(10-25-12)19-7-5-16(31-19)9-15-8-13(4-6-17(15)24)23-22(29)21(28)20(27)18(11-26)30-23/h2-8,10,18,20-23,26-29H,9,11H2,1H3/t18?,20-,21+,22-,23?/m1/s1. The molecule has 3 aromatic rings. The Morgan fingerprint density at radius 2 is 1.84 bits per heavy atom. The lowest BCUT2D eigenvalue weighted by Gasteiger charge is -2.40. The van der Waals surface area contributed by atoms with Gasteiger partial charge in [0.05, 0.1) is 6.61 Å². The molecule has 0 aliphatic carbocycles. The van der Waals surface area contributed by atoms with Gasteiger partial charge in [-0.2, -0.15) is 0 Å². The van der Waals surface area contributed by atoms with Gasteiger partial charge in [0.1, 0.15) is 30.5 Å². The van der Waals surface area contributed by atoms with Crippen LogP contribution in [0.4, 0.5) is 0 Å². The molecular formula is C23H24ClNO5S. The highest BCUT2D eigenvalue weighted by Crippen LogP contribution is 2.35. The van der Waals surface area contributed by atoms with E-state index in [1.54, 1.807) is 23.5 Å². The van der Waals surface area contributed by atoms with E-state index in [9.17, 15) is 20.4 Å². The van der Waals surface area contributed by atoms with Crippen molar-refractivity contribution in [3.63, 3.8) is 0 Å². The number of aliphatic hydroxyl groups is 4. The zero-order valence-corrected chi connectivity index (χ0v) is 18.4. The first-order valence-electron chi connectivity index (χ1n) is 9.98. The van der Waals surface area contributed by atoms with Gasteiger partial charge < -0.3 is 25.2 Å². The van der Waals surface area contributed by atoms with Crippen molar-refractivity contribution in [3.05, 3.63) is 75.4 Å². The van der Waals surface area contributed by atoms with Gasteiger partial charge in [-0.25, -0.2) is 0 Å². The zero-order chi connectivity index (χ0) is 22.1. The highest BCUT2D eigenvalue weighted by atomic mass is 35.5. The van der Waals surface area contributed by atoms with Crippen molar-refractivity contribution in [2.75, 3.05) is 6.61 Å². The Kier molecular flexibility index (Phi) is 6.74. The second kappa shape index (κ2) is 9.34. The molecule has 164 valence electrons. The second-order valence-electron chi connectivity index (χ2n) is 7.73. The van der Waals surface area contributed by atoms with E-state index in [2.05, 4.69) is 17.1 Å². The van der Waals surface area contributed by atoms with Gasteiger partial charge in [-0.3, -0.25) is 4.98 Å². The van der Waals surface area contributed by atoms with Gasteiger partial charge in [0.15, 0.2) is 0 Å². The van der Waals surface area contributed by atoms with E-state index in [1.165, 1.54) is 0 Å². The Balaban J connectivity index is 1.57. The third-order valence-corrected chi connectivity index (χ3v) is 7.02. The number of aliphatic hydroxyl groups excluding tert-OH is 4. The quantitative estimate of drug-likeness (QED) is 0.466. The first kappa shape index (κ1) is 22.4. The summed E-state index contributed by atoms with van der Waals surface area (Å²) in [6, 6.07) is 13.4. The molecule has 0 radical (unpaired) electrons. The molecule has 2 aromatic heterocycles. The molecule has 0 saturated carbocycles. The molecule has 1 aromatic carbocycles. The maximum Gasteiger partial charge on any atom is 0.113 e. The number of aromatic nitrogens is 1. The molecule has 1 aliphatic rings. The Morgan fingerprint density at radius 1 is 1.03 bits per heavy atom. The average Bonchev–Trinajstić information content (AvgIpc) is 3.23. The molecule has 2 unspecified atom stereocenters. The minimum Gasteiger partial charge on any atom is -0.394 e. The van der Waals surface area contributed by atoms with Crippen LogP contribution in [0.5, 0.6) is 0 Å². The summed E-state index contributed by atoms with van der Waals surface area (Å²) in [5.41, 5.74) is 3.50. The molecule has 0 bridgehead atoms. The lowest BCUT2D eigenvalue weighted by atomic mass is 9.90. The monoisotopic (exact) mass is 461 g/mol. The number of rotatable bonds is 5. The number of hydrogen-bond donors (Lipinski definition) is 4. The van der Waals surface area contributed by atoms with E-state index in [0.29, 0.717) is 17.0 Å². The summed E-state index contributed by atoms with van der Waals surface area (Å²) in [4.78, 5) is 6.58. The predicted octanol–water partition coefficient (Wildman–Crippen LogP) is 2.88. The topological polar surface area (TPSA) is 103 Å². The third-order valence-electron chi connectivity index (χ3n) is 5.51. The average molecular weight is 462 g/mol. The van der Waals surface area contributed by atoms with Crippen LogP contribution in [0, 0.1) is 6.92 Å². The normalized spacial score (nSPS) is 26.2. The summed E-state index contributed by atoms with van der Waals surface area (Å²) < 4.78 is 5.68. The van der Waals surface area contributed by atoms with E-state index in [-0.39, 0.29) is 0 Å². The summed E-state index contributed by atoms with van der Waals surface area (Å²) in [5, 5.41) is 40.5. The van der Waals surface area contributed by atoms with E-state index in [1.807, 2.05) is 31.3 Å². The number of hydrogen-bond acceptors (Lipinski definition) is 7. The fourth-order valence-electron chi connectivity index (χ4n) is 3.71. The Morgan fingerprint density at radius 3 is 2.55 bits per heavy atom. The van der Waals surface area contributed by atoms with E-state index in [4.69, 9.17) is 16.3 Å². The number of ether oxygens (including phenoxy) is 1. The fraction of sp³-hybridized carbons (Fsp3) is 0.348.